The van der Waals surface area contributed by atoms with E-state index in [1.54, 1.807) is 36.0 Å². The lowest BCUT2D eigenvalue weighted by Gasteiger charge is -2.15. The zero-order chi connectivity index (χ0) is 19.3. The van der Waals surface area contributed by atoms with Crippen molar-refractivity contribution in [2.75, 3.05) is 19.4 Å². The second-order valence-corrected chi connectivity index (χ2v) is 8.61. The predicted octanol–water partition coefficient (Wildman–Crippen LogP) is 3.44. The molecule has 5 nitrogen and oxygen atoms in total. The number of aryl methyl sites for hydroxylation is 2. The Hall–Kier alpha value is -1.54. The molecule has 0 saturated carbocycles. The van der Waals surface area contributed by atoms with E-state index in [1.165, 1.54) is 0 Å². The number of aliphatic hydroxyl groups excluding tert-OH is 1. The highest BCUT2D eigenvalue weighted by molar-refractivity contribution is 7.98. The van der Waals surface area contributed by atoms with Crippen LogP contribution in [0.2, 0.25) is 0 Å². The number of rotatable bonds is 8. The molecule has 0 aliphatic carbocycles. The van der Waals surface area contributed by atoms with Crippen LogP contribution >= 0.6 is 11.8 Å². The molecule has 0 saturated heterocycles. The summed E-state index contributed by atoms with van der Waals surface area (Å²) >= 11 is 1.61. The van der Waals surface area contributed by atoms with Gasteiger partial charge in [-0.05, 0) is 68.0 Å². The SMILES string of the molecule is CCOc1c(C)cc(S(=O)(=O)NCC(O)c2ccc(SC)cc2)cc1C. The second kappa shape index (κ2) is 8.90. The monoisotopic (exact) mass is 395 g/mol. The van der Waals surface area contributed by atoms with E-state index in [4.69, 9.17) is 4.74 Å². The maximum absolute atomic E-state index is 12.6. The van der Waals surface area contributed by atoms with Gasteiger partial charge in [0.15, 0.2) is 0 Å². The summed E-state index contributed by atoms with van der Waals surface area (Å²) in [7, 11) is -3.72. The van der Waals surface area contributed by atoms with E-state index in [0.717, 1.165) is 16.0 Å². The quantitative estimate of drug-likeness (QED) is 0.670. The molecule has 0 aliphatic rings. The van der Waals surface area contributed by atoms with Gasteiger partial charge in [-0.3, -0.25) is 0 Å². The van der Waals surface area contributed by atoms with Gasteiger partial charge < -0.3 is 9.84 Å². The lowest BCUT2D eigenvalue weighted by atomic mass is 10.1. The number of hydrogen-bond acceptors (Lipinski definition) is 5. The highest BCUT2D eigenvalue weighted by Gasteiger charge is 2.19. The maximum atomic E-state index is 12.6. The first kappa shape index (κ1) is 20.8. The van der Waals surface area contributed by atoms with E-state index >= 15 is 0 Å². The molecule has 26 heavy (non-hydrogen) atoms. The third-order valence-corrected chi connectivity index (χ3v) is 6.15. The second-order valence-electron chi connectivity index (χ2n) is 5.96. The Balaban J connectivity index is 2.12. The molecule has 0 heterocycles. The Morgan fingerprint density at radius 2 is 1.73 bits per heavy atom. The van der Waals surface area contributed by atoms with Crippen molar-refractivity contribution < 1.29 is 18.3 Å². The van der Waals surface area contributed by atoms with Gasteiger partial charge in [0, 0.05) is 11.4 Å². The van der Waals surface area contributed by atoms with E-state index in [0.29, 0.717) is 17.9 Å². The van der Waals surface area contributed by atoms with Crippen molar-refractivity contribution in [1.29, 1.82) is 0 Å². The molecule has 0 fully saturated rings. The molecule has 2 aromatic carbocycles. The Kier molecular flexibility index (Phi) is 7.11. The molecular formula is C19H25NO4S2. The molecule has 0 aromatic heterocycles. The zero-order valence-electron chi connectivity index (χ0n) is 15.4. The van der Waals surface area contributed by atoms with Gasteiger partial charge in [0.25, 0.3) is 0 Å². The maximum Gasteiger partial charge on any atom is 0.240 e. The molecule has 0 aliphatic heterocycles. The van der Waals surface area contributed by atoms with Crippen LogP contribution in [0.15, 0.2) is 46.2 Å². The molecule has 1 unspecified atom stereocenters. The molecule has 0 amide bonds. The highest BCUT2D eigenvalue weighted by Crippen LogP contribution is 2.27. The number of hydrogen-bond donors (Lipinski definition) is 2. The molecule has 7 heteroatoms. The Morgan fingerprint density at radius 3 is 2.23 bits per heavy atom. The smallest absolute Gasteiger partial charge is 0.240 e. The van der Waals surface area contributed by atoms with Crippen molar-refractivity contribution in [2.45, 2.75) is 36.7 Å². The number of thioether (sulfide) groups is 1. The van der Waals surface area contributed by atoms with Gasteiger partial charge >= 0.3 is 0 Å². The van der Waals surface area contributed by atoms with Gasteiger partial charge in [-0.15, -0.1) is 11.8 Å². The van der Waals surface area contributed by atoms with Crippen LogP contribution in [0, 0.1) is 13.8 Å². The molecule has 142 valence electrons. The minimum atomic E-state index is -3.72. The molecule has 2 N–H and O–H groups in total. The number of ether oxygens (including phenoxy) is 1. The van der Waals surface area contributed by atoms with Crippen LogP contribution in [0.3, 0.4) is 0 Å². The Bertz CT molecular complexity index is 825. The summed E-state index contributed by atoms with van der Waals surface area (Å²) in [6.07, 6.45) is 1.06. The van der Waals surface area contributed by atoms with E-state index in [-0.39, 0.29) is 11.4 Å². The van der Waals surface area contributed by atoms with Crippen molar-refractivity contribution in [3.05, 3.63) is 53.1 Å². The highest BCUT2D eigenvalue weighted by atomic mass is 32.2. The van der Waals surface area contributed by atoms with Gasteiger partial charge in [0.2, 0.25) is 10.0 Å². The Labute approximate surface area is 159 Å². The summed E-state index contributed by atoms with van der Waals surface area (Å²) in [5.74, 6) is 0.709. The number of benzene rings is 2. The molecule has 2 rings (SSSR count). The standard InChI is InChI=1S/C19H25NO4S2/c1-5-24-19-13(2)10-17(11-14(19)3)26(22,23)20-12-18(21)15-6-8-16(25-4)9-7-15/h6-11,18,20-21H,5,12H2,1-4H3. The summed E-state index contributed by atoms with van der Waals surface area (Å²) in [5, 5.41) is 10.3. The summed E-state index contributed by atoms with van der Waals surface area (Å²) in [5.41, 5.74) is 2.20. The summed E-state index contributed by atoms with van der Waals surface area (Å²) < 4.78 is 33.2. The number of sulfonamides is 1. The van der Waals surface area contributed by atoms with Crippen molar-refractivity contribution in [2.24, 2.45) is 0 Å². The average molecular weight is 396 g/mol. The van der Waals surface area contributed by atoms with Gasteiger partial charge in [0.1, 0.15) is 5.75 Å². The van der Waals surface area contributed by atoms with E-state index in [1.807, 2.05) is 39.2 Å². The lowest BCUT2D eigenvalue weighted by Crippen LogP contribution is -2.28. The van der Waals surface area contributed by atoms with E-state index in [9.17, 15) is 13.5 Å². The molecule has 0 bridgehead atoms. The van der Waals surface area contributed by atoms with Crippen molar-refractivity contribution in [3.63, 3.8) is 0 Å². The first-order valence-electron chi connectivity index (χ1n) is 8.34. The van der Waals surface area contributed by atoms with Crippen LogP contribution in [-0.4, -0.2) is 32.9 Å². The first-order valence-corrected chi connectivity index (χ1v) is 11.0. The summed E-state index contributed by atoms with van der Waals surface area (Å²) in [6.45, 7) is 5.95. The third kappa shape index (κ3) is 5.01. The average Bonchev–Trinajstić information content (AvgIpc) is 2.62. The van der Waals surface area contributed by atoms with Crippen molar-refractivity contribution in [1.82, 2.24) is 4.72 Å². The topological polar surface area (TPSA) is 75.6 Å². The zero-order valence-corrected chi connectivity index (χ0v) is 17.1. The number of nitrogens with one attached hydrogen (secondary N) is 1. The third-order valence-electron chi connectivity index (χ3n) is 4.00. The molecule has 1 atom stereocenters. The first-order chi connectivity index (χ1) is 12.3. The Morgan fingerprint density at radius 1 is 1.15 bits per heavy atom. The fourth-order valence-corrected chi connectivity index (χ4v) is 4.27. The lowest BCUT2D eigenvalue weighted by molar-refractivity contribution is 0.182. The largest absolute Gasteiger partial charge is 0.493 e. The molecular weight excluding hydrogens is 370 g/mol. The summed E-state index contributed by atoms with van der Waals surface area (Å²) in [6, 6.07) is 10.6. The van der Waals surface area contributed by atoms with Gasteiger partial charge in [0.05, 0.1) is 17.6 Å². The van der Waals surface area contributed by atoms with Crippen molar-refractivity contribution in [3.8, 4) is 5.75 Å². The van der Waals surface area contributed by atoms with E-state index < -0.39 is 16.1 Å². The van der Waals surface area contributed by atoms with Crippen LogP contribution in [-0.2, 0) is 10.0 Å². The van der Waals surface area contributed by atoms with Gasteiger partial charge in [-0.25, -0.2) is 13.1 Å². The van der Waals surface area contributed by atoms with Crippen molar-refractivity contribution >= 4 is 21.8 Å². The van der Waals surface area contributed by atoms with Gasteiger partial charge in [-0.1, -0.05) is 12.1 Å². The number of aliphatic hydroxyl groups is 1. The minimum absolute atomic E-state index is 0.0910. The fourth-order valence-electron chi connectivity index (χ4n) is 2.65. The molecule has 0 radical (unpaired) electrons. The van der Waals surface area contributed by atoms with Crippen LogP contribution in [0.4, 0.5) is 0 Å². The van der Waals surface area contributed by atoms with Crippen LogP contribution in [0.1, 0.15) is 29.7 Å². The van der Waals surface area contributed by atoms with Gasteiger partial charge in [-0.2, -0.15) is 0 Å². The summed E-state index contributed by atoms with van der Waals surface area (Å²) in [4.78, 5) is 1.25. The minimum Gasteiger partial charge on any atom is -0.493 e. The molecule has 2 aromatic rings. The fraction of sp³-hybridized carbons (Fsp3) is 0.368. The van der Waals surface area contributed by atoms with Crippen LogP contribution in [0.25, 0.3) is 0 Å². The normalized spacial score (nSPS) is 12.8. The van der Waals surface area contributed by atoms with E-state index in [2.05, 4.69) is 4.72 Å². The van der Waals surface area contributed by atoms with Crippen LogP contribution < -0.4 is 9.46 Å². The predicted molar refractivity (Wildman–Crippen MR) is 105 cm³/mol. The van der Waals surface area contributed by atoms with Crippen LogP contribution in [0.5, 0.6) is 5.75 Å². The molecule has 0 spiro atoms.